The summed E-state index contributed by atoms with van der Waals surface area (Å²) in [6, 6.07) is 10.9. The van der Waals surface area contributed by atoms with Crippen LogP contribution in [0.15, 0.2) is 41.3 Å². The van der Waals surface area contributed by atoms with Gasteiger partial charge in [-0.2, -0.15) is 0 Å². The molecule has 1 aromatic heterocycles. The molecule has 2 aromatic rings. The molecule has 0 fully saturated rings. The first kappa shape index (κ1) is 8.93. The van der Waals surface area contributed by atoms with Gasteiger partial charge in [0.1, 0.15) is 0 Å². The summed E-state index contributed by atoms with van der Waals surface area (Å²) >= 11 is 1.82. The van der Waals surface area contributed by atoms with Gasteiger partial charge in [0.05, 0.1) is 0 Å². The van der Waals surface area contributed by atoms with Gasteiger partial charge < -0.3 is 0 Å². The van der Waals surface area contributed by atoms with Crippen LogP contribution < -0.4 is 0 Å². The Labute approximate surface area is 93.9 Å². The SMILES string of the molecule is CC1=Cc2cccc(-c3cccs3)c2C1. The molecule has 74 valence electrons. The van der Waals surface area contributed by atoms with Gasteiger partial charge in [-0.1, -0.05) is 35.9 Å². The van der Waals surface area contributed by atoms with E-state index >= 15 is 0 Å². The molecule has 3 rings (SSSR count). The van der Waals surface area contributed by atoms with Crippen molar-refractivity contribution in [3.05, 3.63) is 52.4 Å². The van der Waals surface area contributed by atoms with Crippen molar-refractivity contribution >= 4 is 17.4 Å². The summed E-state index contributed by atoms with van der Waals surface area (Å²) < 4.78 is 0. The summed E-state index contributed by atoms with van der Waals surface area (Å²) in [6.45, 7) is 2.21. The highest BCUT2D eigenvalue weighted by atomic mass is 32.1. The van der Waals surface area contributed by atoms with Crippen molar-refractivity contribution in [3.8, 4) is 10.4 Å². The third-order valence-corrected chi connectivity index (χ3v) is 3.76. The Morgan fingerprint density at radius 1 is 1.13 bits per heavy atom. The predicted octanol–water partition coefficient (Wildman–Crippen LogP) is 4.37. The third kappa shape index (κ3) is 1.44. The van der Waals surface area contributed by atoms with Crippen LogP contribution in [-0.4, -0.2) is 0 Å². The smallest absolute Gasteiger partial charge is 0.0345 e. The van der Waals surface area contributed by atoms with Gasteiger partial charge in [0, 0.05) is 4.88 Å². The normalized spacial score (nSPS) is 13.8. The van der Waals surface area contributed by atoms with Gasteiger partial charge in [-0.05, 0) is 41.5 Å². The van der Waals surface area contributed by atoms with E-state index in [0.717, 1.165) is 6.42 Å². The summed E-state index contributed by atoms with van der Waals surface area (Å²) in [5, 5.41) is 2.14. The maximum absolute atomic E-state index is 2.30. The number of allylic oxidation sites excluding steroid dienone is 1. The summed E-state index contributed by atoms with van der Waals surface area (Å²) in [4.78, 5) is 1.38. The quantitative estimate of drug-likeness (QED) is 0.658. The fourth-order valence-electron chi connectivity index (χ4n) is 2.20. The monoisotopic (exact) mass is 212 g/mol. The van der Waals surface area contributed by atoms with Crippen molar-refractivity contribution in [1.82, 2.24) is 0 Å². The minimum atomic E-state index is 1.11. The van der Waals surface area contributed by atoms with E-state index in [2.05, 4.69) is 48.7 Å². The van der Waals surface area contributed by atoms with Crippen LogP contribution in [0.5, 0.6) is 0 Å². The molecule has 0 radical (unpaired) electrons. The minimum Gasteiger partial charge on any atom is -0.144 e. The van der Waals surface area contributed by atoms with E-state index in [4.69, 9.17) is 0 Å². The molecule has 0 N–H and O–H groups in total. The van der Waals surface area contributed by atoms with E-state index in [-0.39, 0.29) is 0 Å². The number of benzene rings is 1. The number of hydrogen-bond acceptors (Lipinski definition) is 1. The van der Waals surface area contributed by atoms with Crippen LogP contribution in [-0.2, 0) is 6.42 Å². The second-order valence-corrected chi connectivity index (χ2v) is 4.97. The molecule has 0 atom stereocenters. The van der Waals surface area contributed by atoms with Gasteiger partial charge in [-0.25, -0.2) is 0 Å². The molecule has 0 bridgehead atoms. The fourth-order valence-corrected chi connectivity index (χ4v) is 2.97. The lowest BCUT2D eigenvalue weighted by Crippen LogP contribution is -1.87. The molecule has 1 heteroatoms. The van der Waals surface area contributed by atoms with Gasteiger partial charge in [-0.3, -0.25) is 0 Å². The molecule has 0 saturated carbocycles. The average Bonchev–Trinajstić information content (AvgIpc) is 2.82. The number of thiophene rings is 1. The largest absolute Gasteiger partial charge is 0.144 e. The van der Waals surface area contributed by atoms with Crippen LogP contribution >= 0.6 is 11.3 Å². The lowest BCUT2D eigenvalue weighted by molar-refractivity contribution is 1.20. The minimum absolute atomic E-state index is 1.11. The molecule has 1 aliphatic rings. The van der Waals surface area contributed by atoms with Crippen LogP contribution in [0.3, 0.4) is 0 Å². The second-order valence-electron chi connectivity index (χ2n) is 4.02. The van der Waals surface area contributed by atoms with Crippen molar-refractivity contribution in [2.45, 2.75) is 13.3 Å². The Balaban J connectivity index is 2.18. The van der Waals surface area contributed by atoms with Crippen molar-refractivity contribution in [1.29, 1.82) is 0 Å². The lowest BCUT2D eigenvalue weighted by atomic mass is 10.0. The Hall–Kier alpha value is -1.34. The van der Waals surface area contributed by atoms with Crippen LogP contribution in [0.1, 0.15) is 18.1 Å². The van der Waals surface area contributed by atoms with Crippen molar-refractivity contribution in [3.63, 3.8) is 0 Å². The predicted molar refractivity (Wildman–Crippen MR) is 67.1 cm³/mol. The van der Waals surface area contributed by atoms with Gasteiger partial charge in [0.15, 0.2) is 0 Å². The summed E-state index contributed by atoms with van der Waals surface area (Å²) in [7, 11) is 0. The van der Waals surface area contributed by atoms with E-state index in [1.807, 2.05) is 11.3 Å². The van der Waals surface area contributed by atoms with E-state index in [1.165, 1.54) is 27.1 Å². The molecular formula is C14H12S. The molecule has 0 nitrogen and oxygen atoms in total. The molecule has 0 aliphatic heterocycles. The highest BCUT2D eigenvalue weighted by Crippen LogP contribution is 2.35. The average molecular weight is 212 g/mol. The molecular weight excluding hydrogens is 200 g/mol. The Bertz CT molecular complexity index is 518. The maximum atomic E-state index is 2.30. The third-order valence-electron chi connectivity index (χ3n) is 2.86. The zero-order chi connectivity index (χ0) is 10.3. The Morgan fingerprint density at radius 2 is 2.07 bits per heavy atom. The van der Waals surface area contributed by atoms with Crippen LogP contribution in [0.25, 0.3) is 16.5 Å². The molecule has 0 spiro atoms. The number of fused-ring (bicyclic) bond motifs is 1. The molecule has 0 amide bonds. The van der Waals surface area contributed by atoms with E-state index in [0.29, 0.717) is 0 Å². The van der Waals surface area contributed by atoms with Crippen molar-refractivity contribution in [2.24, 2.45) is 0 Å². The van der Waals surface area contributed by atoms with Crippen LogP contribution in [0.4, 0.5) is 0 Å². The van der Waals surface area contributed by atoms with E-state index < -0.39 is 0 Å². The molecule has 0 saturated heterocycles. The zero-order valence-corrected chi connectivity index (χ0v) is 9.47. The molecule has 15 heavy (non-hydrogen) atoms. The first-order chi connectivity index (χ1) is 7.34. The molecule has 0 unspecified atom stereocenters. The number of hydrogen-bond donors (Lipinski definition) is 0. The highest BCUT2D eigenvalue weighted by Gasteiger charge is 2.14. The number of rotatable bonds is 1. The van der Waals surface area contributed by atoms with Gasteiger partial charge in [0.2, 0.25) is 0 Å². The molecule has 1 aliphatic carbocycles. The van der Waals surface area contributed by atoms with Gasteiger partial charge in [-0.15, -0.1) is 11.3 Å². The summed E-state index contributed by atoms with van der Waals surface area (Å²) in [6.07, 6.45) is 3.41. The second kappa shape index (κ2) is 3.35. The zero-order valence-electron chi connectivity index (χ0n) is 8.66. The van der Waals surface area contributed by atoms with Crippen molar-refractivity contribution < 1.29 is 0 Å². The summed E-state index contributed by atoms with van der Waals surface area (Å²) in [5.41, 5.74) is 5.78. The van der Waals surface area contributed by atoms with Gasteiger partial charge >= 0.3 is 0 Å². The lowest BCUT2D eigenvalue weighted by Gasteiger charge is -2.06. The fraction of sp³-hybridized carbons (Fsp3) is 0.143. The van der Waals surface area contributed by atoms with Crippen molar-refractivity contribution in [2.75, 3.05) is 0 Å². The maximum Gasteiger partial charge on any atom is 0.0345 e. The van der Waals surface area contributed by atoms with Crippen LogP contribution in [0.2, 0.25) is 0 Å². The summed E-state index contributed by atoms with van der Waals surface area (Å²) in [5.74, 6) is 0. The van der Waals surface area contributed by atoms with Crippen LogP contribution in [0, 0.1) is 0 Å². The standard InChI is InChI=1S/C14H12S/c1-10-8-11-4-2-5-12(13(11)9-10)14-6-3-7-15-14/h2-8H,9H2,1H3. The Morgan fingerprint density at radius 3 is 2.87 bits per heavy atom. The highest BCUT2D eigenvalue weighted by molar-refractivity contribution is 7.13. The van der Waals surface area contributed by atoms with E-state index in [1.54, 1.807) is 0 Å². The first-order valence-electron chi connectivity index (χ1n) is 5.17. The van der Waals surface area contributed by atoms with Gasteiger partial charge in [0.25, 0.3) is 0 Å². The first-order valence-corrected chi connectivity index (χ1v) is 6.05. The topological polar surface area (TPSA) is 0 Å². The van der Waals surface area contributed by atoms with E-state index in [9.17, 15) is 0 Å². The molecule has 1 aromatic carbocycles. The Kier molecular flexibility index (Phi) is 2.00. The molecule has 1 heterocycles.